The minimum Gasteiger partial charge on any atom is -0.339 e. The van der Waals surface area contributed by atoms with E-state index in [9.17, 15) is 0 Å². The lowest BCUT2D eigenvalue weighted by Crippen LogP contribution is -2.34. The first-order valence-corrected chi connectivity index (χ1v) is 8.00. The Morgan fingerprint density at radius 3 is 2.70 bits per heavy atom. The van der Waals surface area contributed by atoms with Crippen LogP contribution in [0.15, 0.2) is 4.52 Å². The molecule has 0 spiro atoms. The smallest absolute Gasteiger partial charge is 0.231 e. The summed E-state index contributed by atoms with van der Waals surface area (Å²) in [7, 11) is 2.03. The summed E-state index contributed by atoms with van der Waals surface area (Å²) in [6, 6.07) is 0.486. The quantitative estimate of drug-likeness (QED) is 0.830. The van der Waals surface area contributed by atoms with Crippen LogP contribution >= 0.6 is 0 Å². The van der Waals surface area contributed by atoms with Crippen LogP contribution in [0.1, 0.15) is 57.2 Å². The Bertz CT molecular complexity index is 389. The topological polar surface area (TPSA) is 54.2 Å². The van der Waals surface area contributed by atoms with Crippen LogP contribution < -0.4 is 5.32 Å². The third-order valence-electron chi connectivity index (χ3n) is 4.48. The molecule has 0 radical (unpaired) electrons. The van der Waals surface area contributed by atoms with E-state index in [2.05, 4.69) is 34.2 Å². The zero-order chi connectivity index (χ0) is 14.4. The van der Waals surface area contributed by atoms with Gasteiger partial charge >= 0.3 is 0 Å². The highest BCUT2D eigenvalue weighted by molar-refractivity contribution is 5.01. The highest BCUT2D eigenvalue weighted by Crippen LogP contribution is 2.31. The van der Waals surface area contributed by atoms with Crippen LogP contribution in [0.3, 0.4) is 0 Å². The Labute approximate surface area is 122 Å². The van der Waals surface area contributed by atoms with Crippen LogP contribution in [0.25, 0.3) is 0 Å². The van der Waals surface area contributed by atoms with Crippen LogP contribution in [0.5, 0.6) is 0 Å². The first-order valence-electron chi connectivity index (χ1n) is 8.00. The van der Waals surface area contributed by atoms with E-state index >= 15 is 0 Å². The van der Waals surface area contributed by atoms with Crippen molar-refractivity contribution in [2.24, 2.45) is 0 Å². The molecule has 1 fully saturated rings. The Hall–Kier alpha value is -0.940. The van der Waals surface area contributed by atoms with E-state index in [1.807, 2.05) is 7.05 Å². The van der Waals surface area contributed by atoms with Crippen molar-refractivity contribution in [2.45, 2.75) is 57.9 Å². The molecule has 20 heavy (non-hydrogen) atoms. The lowest BCUT2D eigenvalue weighted by molar-refractivity contribution is 0.268. The molecular weight excluding hydrogens is 252 g/mol. The first-order chi connectivity index (χ1) is 9.78. The predicted octanol–water partition coefficient (Wildman–Crippen LogP) is 2.20. The highest BCUT2D eigenvalue weighted by Gasteiger charge is 2.29. The van der Waals surface area contributed by atoms with Crippen molar-refractivity contribution >= 4 is 0 Å². The highest BCUT2D eigenvalue weighted by atomic mass is 16.5. The van der Waals surface area contributed by atoms with E-state index in [-0.39, 0.29) is 0 Å². The van der Waals surface area contributed by atoms with Crippen molar-refractivity contribution in [1.82, 2.24) is 20.4 Å². The van der Waals surface area contributed by atoms with Gasteiger partial charge in [0.25, 0.3) is 0 Å². The number of nitrogens with one attached hydrogen (secondary N) is 1. The maximum atomic E-state index is 5.52. The molecule has 0 amide bonds. The number of rotatable bonds is 7. The fourth-order valence-corrected chi connectivity index (χ4v) is 3.09. The van der Waals surface area contributed by atoms with Crippen molar-refractivity contribution < 1.29 is 4.52 Å². The average molecular weight is 280 g/mol. The zero-order valence-corrected chi connectivity index (χ0v) is 13.1. The van der Waals surface area contributed by atoms with Gasteiger partial charge in [-0.2, -0.15) is 4.98 Å². The molecule has 0 aromatic carbocycles. The Morgan fingerprint density at radius 1 is 1.25 bits per heavy atom. The number of hydrogen-bond donors (Lipinski definition) is 1. The van der Waals surface area contributed by atoms with E-state index in [1.54, 1.807) is 0 Å². The lowest BCUT2D eigenvalue weighted by atomic mass is 9.84. The molecule has 2 unspecified atom stereocenters. The molecule has 5 nitrogen and oxygen atoms in total. The molecule has 1 aliphatic rings. The SMILES string of the molecule is CCN(CC)CCc1noc(C2CCCCC2NC)n1. The van der Waals surface area contributed by atoms with Crippen molar-refractivity contribution in [3.05, 3.63) is 11.7 Å². The fourth-order valence-electron chi connectivity index (χ4n) is 3.09. The van der Waals surface area contributed by atoms with Gasteiger partial charge in [-0.3, -0.25) is 0 Å². The molecule has 1 heterocycles. The molecule has 2 atom stereocenters. The number of likely N-dealkylation sites (N-methyl/N-ethyl adjacent to an activating group) is 2. The van der Waals surface area contributed by atoms with Gasteiger partial charge in [-0.25, -0.2) is 0 Å². The second kappa shape index (κ2) is 7.74. The van der Waals surface area contributed by atoms with Crippen molar-refractivity contribution in [1.29, 1.82) is 0 Å². The fraction of sp³-hybridized carbons (Fsp3) is 0.867. The maximum absolute atomic E-state index is 5.52. The lowest BCUT2D eigenvalue weighted by Gasteiger charge is -2.28. The largest absolute Gasteiger partial charge is 0.339 e. The van der Waals surface area contributed by atoms with Gasteiger partial charge in [-0.15, -0.1) is 0 Å². The van der Waals surface area contributed by atoms with E-state index in [0.29, 0.717) is 12.0 Å². The third kappa shape index (κ3) is 3.79. The van der Waals surface area contributed by atoms with Crippen LogP contribution in [-0.2, 0) is 6.42 Å². The molecule has 1 aromatic heterocycles. The van der Waals surface area contributed by atoms with Gasteiger partial charge in [0.1, 0.15) is 0 Å². The van der Waals surface area contributed by atoms with Gasteiger partial charge in [0, 0.05) is 19.0 Å². The molecule has 114 valence electrons. The van der Waals surface area contributed by atoms with E-state index in [0.717, 1.165) is 44.2 Å². The summed E-state index contributed by atoms with van der Waals surface area (Å²) in [5.41, 5.74) is 0. The number of aromatic nitrogens is 2. The molecule has 1 saturated carbocycles. The van der Waals surface area contributed by atoms with Gasteiger partial charge in [0.2, 0.25) is 5.89 Å². The van der Waals surface area contributed by atoms with Crippen LogP contribution in [0.2, 0.25) is 0 Å². The Balaban J connectivity index is 1.94. The maximum Gasteiger partial charge on any atom is 0.231 e. The summed E-state index contributed by atoms with van der Waals surface area (Å²) in [6.07, 6.45) is 5.80. The van der Waals surface area contributed by atoms with Crippen molar-refractivity contribution in [3.63, 3.8) is 0 Å². The van der Waals surface area contributed by atoms with Gasteiger partial charge < -0.3 is 14.7 Å². The second-order valence-electron chi connectivity index (χ2n) is 5.61. The Kier molecular flexibility index (Phi) is 5.98. The van der Waals surface area contributed by atoms with Crippen LogP contribution in [-0.4, -0.2) is 47.8 Å². The summed E-state index contributed by atoms with van der Waals surface area (Å²) in [6.45, 7) is 7.53. The molecule has 0 saturated heterocycles. The first kappa shape index (κ1) is 15.4. The van der Waals surface area contributed by atoms with E-state index in [1.165, 1.54) is 19.3 Å². The summed E-state index contributed by atoms with van der Waals surface area (Å²) in [5.74, 6) is 2.08. The van der Waals surface area contributed by atoms with Gasteiger partial charge in [-0.1, -0.05) is 31.8 Å². The predicted molar refractivity (Wildman–Crippen MR) is 79.8 cm³/mol. The summed E-state index contributed by atoms with van der Waals surface area (Å²) in [5, 5.41) is 7.55. The third-order valence-corrected chi connectivity index (χ3v) is 4.48. The van der Waals surface area contributed by atoms with Crippen molar-refractivity contribution in [2.75, 3.05) is 26.7 Å². The van der Waals surface area contributed by atoms with E-state index < -0.39 is 0 Å². The van der Waals surface area contributed by atoms with Gasteiger partial charge in [0.05, 0.1) is 5.92 Å². The molecule has 0 bridgehead atoms. The normalized spacial score (nSPS) is 23.4. The van der Waals surface area contributed by atoms with Crippen molar-refractivity contribution in [3.8, 4) is 0 Å². The molecular formula is C15H28N4O. The molecule has 0 aliphatic heterocycles. The number of nitrogens with zero attached hydrogens (tertiary/aromatic N) is 3. The summed E-state index contributed by atoms with van der Waals surface area (Å²) < 4.78 is 5.52. The van der Waals surface area contributed by atoms with Crippen LogP contribution in [0.4, 0.5) is 0 Å². The summed E-state index contributed by atoms with van der Waals surface area (Å²) >= 11 is 0. The Morgan fingerprint density at radius 2 is 2.00 bits per heavy atom. The molecule has 1 aromatic rings. The number of hydrogen-bond acceptors (Lipinski definition) is 5. The van der Waals surface area contributed by atoms with E-state index in [4.69, 9.17) is 4.52 Å². The average Bonchev–Trinajstić information content (AvgIpc) is 2.97. The van der Waals surface area contributed by atoms with Gasteiger partial charge in [-0.05, 0) is 33.0 Å². The standard InChI is InChI=1S/C15H28N4O/c1-4-19(5-2)11-10-14-17-15(20-18-14)12-8-6-7-9-13(12)16-3/h12-13,16H,4-11H2,1-3H3. The van der Waals surface area contributed by atoms with Gasteiger partial charge in [0.15, 0.2) is 5.82 Å². The zero-order valence-electron chi connectivity index (χ0n) is 13.1. The molecule has 2 rings (SSSR count). The second-order valence-corrected chi connectivity index (χ2v) is 5.61. The molecule has 1 aliphatic carbocycles. The monoisotopic (exact) mass is 280 g/mol. The van der Waals surface area contributed by atoms with Crippen LogP contribution in [0, 0.1) is 0 Å². The molecule has 1 N–H and O–H groups in total. The molecule has 5 heteroatoms. The minimum absolute atomic E-state index is 0.392. The minimum atomic E-state index is 0.392. The summed E-state index contributed by atoms with van der Waals surface area (Å²) in [4.78, 5) is 7.01.